The Kier molecular flexibility index (Phi) is 4.77. The van der Waals surface area contributed by atoms with Crippen LogP contribution < -0.4 is 0 Å². The van der Waals surface area contributed by atoms with Gasteiger partial charge in [-0.3, -0.25) is 0 Å². The SMILES string of the molecule is CC(C)C/C=C/C=C/c1ccccc1. The first kappa shape index (κ1) is 10.8. The second-order valence-electron chi connectivity index (χ2n) is 3.83. The van der Waals surface area contributed by atoms with Crippen LogP contribution in [0.15, 0.2) is 48.6 Å². The van der Waals surface area contributed by atoms with Crippen molar-refractivity contribution in [1.29, 1.82) is 0 Å². The maximum absolute atomic E-state index is 2.23. The van der Waals surface area contributed by atoms with Gasteiger partial charge in [-0.1, -0.05) is 68.5 Å². The van der Waals surface area contributed by atoms with Crippen LogP contribution in [-0.4, -0.2) is 0 Å². The molecular weight excluding hydrogens is 168 g/mol. The molecule has 0 radical (unpaired) electrons. The monoisotopic (exact) mass is 186 g/mol. The van der Waals surface area contributed by atoms with Crippen molar-refractivity contribution in [2.75, 3.05) is 0 Å². The van der Waals surface area contributed by atoms with Gasteiger partial charge in [0, 0.05) is 0 Å². The van der Waals surface area contributed by atoms with E-state index in [1.165, 1.54) is 5.56 Å². The van der Waals surface area contributed by atoms with Crippen LogP contribution in [-0.2, 0) is 0 Å². The molecule has 0 unspecified atom stereocenters. The maximum Gasteiger partial charge on any atom is -0.0257 e. The number of rotatable bonds is 4. The third-order valence-corrected chi connectivity index (χ3v) is 1.94. The van der Waals surface area contributed by atoms with E-state index in [1.54, 1.807) is 0 Å². The summed E-state index contributed by atoms with van der Waals surface area (Å²) in [7, 11) is 0. The van der Waals surface area contributed by atoms with Crippen LogP contribution >= 0.6 is 0 Å². The average molecular weight is 186 g/mol. The predicted octanol–water partition coefficient (Wildman–Crippen LogP) is 4.30. The molecule has 1 aromatic carbocycles. The Hall–Kier alpha value is -1.30. The Morgan fingerprint density at radius 2 is 1.79 bits per heavy atom. The maximum atomic E-state index is 2.23. The second-order valence-corrected chi connectivity index (χ2v) is 3.83. The summed E-state index contributed by atoms with van der Waals surface area (Å²) in [4.78, 5) is 0. The first-order valence-corrected chi connectivity index (χ1v) is 5.17. The minimum atomic E-state index is 0.747. The van der Waals surface area contributed by atoms with E-state index >= 15 is 0 Å². The summed E-state index contributed by atoms with van der Waals surface area (Å²) in [6.45, 7) is 4.45. The zero-order chi connectivity index (χ0) is 10.2. The van der Waals surface area contributed by atoms with Crippen molar-refractivity contribution in [1.82, 2.24) is 0 Å². The standard InChI is InChI=1S/C14H18/c1-13(2)9-5-3-6-10-14-11-7-4-8-12-14/h3-8,10-13H,9H2,1-2H3/b5-3+,10-6+. The third kappa shape index (κ3) is 4.66. The molecule has 0 nitrogen and oxygen atoms in total. The summed E-state index contributed by atoms with van der Waals surface area (Å²) in [5.74, 6) is 0.747. The topological polar surface area (TPSA) is 0 Å². The van der Waals surface area contributed by atoms with Crippen molar-refractivity contribution < 1.29 is 0 Å². The van der Waals surface area contributed by atoms with Gasteiger partial charge in [-0.15, -0.1) is 0 Å². The molecule has 0 aromatic heterocycles. The van der Waals surface area contributed by atoms with Crippen molar-refractivity contribution in [2.45, 2.75) is 20.3 Å². The largest absolute Gasteiger partial charge is 0.0843 e. The van der Waals surface area contributed by atoms with Gasteiger partial charge in [0.2, 0.25) is 0 Å². The summed E-state index contributed by atoms with van der Waals surface area (Å²) in [6, 6.07) is 10.3. The van der Waals surface area contributed by atoms with Crippen LogP contribution in [0.1, 0.15) is 25.8 Å². The van der Waals surface area contributed by atoms with Crippen molar-refractivity contribution in [2.24, 2.45) is 5.92 Å². The third-order valence-electron chi connectivity index (χ3n) is 1.94. The molecule has 0 atom stereocenters. The summed E-state index contributed by atoms with van der Waals surface area (Å²) in [5, 5.41) is 0. The summed E-state index contributed by atoms with van der Waals surface area (Å²) < 4.78 is 0. The van der Waals surface area contributed by atoms with Crippen molar-refractivity contribution in [3.05, 3.63) is 54.1 Å². The molecule has 74 valence electrons. The van der Waals surface area contributed by atoms with Gasteiger partial charge in [0.15, 0.2) is 0 Å². The number of hydrogen-bond donors (Lipinski definition) is 0. The van der Waals surface area contributed by atoms with E-state index in [9.17, 15) is 0 Å². The fourth-order valence-corrected chi connectivity index (χ4v) is 1.16. The van der Waals surface area contributed by atoms with Gasteiger partial charge in [-0.25, -0.2) is 0 Å². The molecule has 0 amide bonds. The van der Waals surface area contributed by atoms with E-state index in [1.807, 2.05) is 6.07 Å². The summed E-state index contributed by atoms with van der Waals surface area (Å²) >= 11 is 0. The Bertz CT molecular complexity index is 291. The molecule has 0 saturated heterocycles. The molecule has 0 heterocycles. The van der Waals surface area contributed by atoms with Crippen molar-refractivity contribution in [3.8, 4) is 0 Å². The van der Waals surface area contributed by atoms with Crippen molar-refractivity contribution in [3.63, 3.8) is 0 Å². The highest BCUT2D eigenvalue weighted by Gasteiger charge is 1.85. The first-order valence-electron chi connectivity index (χ1n) is 5.17. The Morgan fingerprint density at radius 3 is 2.43 bits per heavy atom. The van der Waals surface area contributed by atoms with Gasteiger partial charge in [0.25, 0.3) is 0 Å². The van der Waals surface area contributed by atoms with E-state index in [0.29, 0.717) is 0 Å². The highest BCUT2D eigenvalue weighted by atomic mass is 13.9. The predicted molar refractivity (Wildman–Crippen MR) is 64.1 cm³/mol. The van der Waals surface area contributed by atoms with Crippen LogP contribution in [0.3, 0.4) is 0 Å². The van der Waals surface area contributed by atoms with Gasteiger partial charge in [-0.05, 0) is 17.9 Å². The zero-order valence-electron chi connectivity index (χ0n) is 8.98. The van der Waals surface area contributed by atoms with Gasteiger partial charge in [0.1, 0.15) is 0 Å². The Labute approximate surface area is 87.0 Å². The van der Waals surface area contributed by atoms with E-state index < -0.39 is 0 Å². The van der Waals surface area contributed by atoms with E-state index in [2.05, 4.69) is 62.4 Å². The first-order chi connectivity index (χ1) is 6.79. The Balaban J connectivity index is 2.38. The lowest BCUT2D eigenvalue weighted by Gasteiger charge is -1.94. The van der Waals surface area contributed by atoms with Crippen molar-refractivity contribution >= 4 is 6.08 Å². The average Bonchev–Trinajstić information content (AvgIpc) is 2.18. The minimum Gasteiger partial charge on any atom is -0.0843 e. The molecule has 0 bridgehead atoms. The second kappa shape index (κ2) is 6.20. The molecule has 0 aliphatic heterocycles. The lowest BCUT2D eigenvalue weighted by atomic mass is 10.1. The number of allylic oxidation sites excluding steroid dienone is 3. The molecule has 1 aromatic rings. The molecule has 0 aliphatic carbocycles. The number of benzene rings is 1. The summed E-state index contributed by atoms with van der Waals surface area (Å²) in [5.41, 5.74) is 1.25. The summed E-state index contributed by atoms with van der Waals surface area (Å²) in [6.07, 6.45) is 9.70. The molecule has 0 spiro atoms. The van der Waals surface area contributed by atoms with Gasteiger partial charge < -0.3 is 0 Å². The lowest BCUT2D eigenvalue weighted by Crippen LogP contribution is -1.80. The van der Waals surface area contributed by atoms with Crippen LogP contribution in [0.4, 0.5) is 0 Å². The van der Waals surface area contributed by atoms with E-state index in [0.717, 1.165) is 12.3 Å². The molecule has 0 N–H and O–H groups in total. The van der Waals surface area contributed by atoms with E-state index in [-0.39, 0.29) is 0 Å². The van der Waals surface area contributed by atoms with Crippen LogP contribution in [0.25, 0.3) is 6.08 Å². The number of hydrogen-bond acceptors (Lipinski definition) is 0. The van der Waals surface area contributed by atoms with E-state index in [4.69, 9.17) is 0 Å². The molecule has 1 rings (SSSR count). The highest BCUT2D eigenvalue weighted by Crippen LogP contribution is 2.02. The molecule has 0 heteroatoms. The fraction of sp³-hybridized carbons (Fsp3) is 0.286. The highest BCUT2D eigenvalue weighted by molar-refractivity contribution is 5.50. The molecule has 0 saturated carbocycles. The van der Waals surface area contributed by atoms with Gasteiger partial charge >= 0.3 is 0 Å². The smallest absolute Gasteiger partial charge is 0.0257 e. The normalized spacial score (nSPS) is 11.9. The van der Waals surface area contributed by atoms with Crippen LogP contribution in [0.5, 0.6) is 0 Å². The quantitative estimate of drug-likeness (QED) is 0.615. The minimum absolute atomic E-state index is 0.747. The Morgan fingerprint density at radius 1 is 1.07 bits per heavy atom. The molecular formula is C14H18. The molecule has 0 fully saturated rings. The van der Waals surface area contributed by atoms with Gasteiger partial charge in [-0.2, -0.15) is 0 Å². The molecule has 14 heavy (non-hydrogen) atoms. The lowest BCUT2D eigenvalue weighted by molar-refractivity contribution is 0.664. The van der Waals surface area contributed by atoms with Crippen LogP contribution in [0.2, 0.25) is 0 Å². The van der Waals surface area contributed by atoms with Gasteiger partial charge in [0.05, 0.1) is 0 Å². The molecule has 0 aliphatic rings. The van der Waals surface area contributed by atoms with Crippen LogP contribution in [0, 0.1) is 5.92 Å². The fourth-order valence-electron chi connectivity index (χ4n) is 1.16. The zero-order valence-corrected chi connectivity index (χ0v) is 8.98.